The molecule has 1 heterocycles. The Labute approximate surface area is 106 Å². The fourth-order valence-corrected chi connectivity index (χ4v) is 1.59. The second-order valence-corrected chi connectivity index (χ2v) is 3.78. The van der Waals surface area contributed by atoms with Crippen LogP contribution in [0.3, 0.4) is 0 Å². The summed E-state index contributed by atoms with van der Waals surface area (Å²) in [7, 11) is 0. The summed E-state index contributed by atoms with van der Waals surface area (Å²) in [6.45, 7) is 0. The third-order valence-electron chi connectivity index (χ3n) is 2.29. The molecule has 4 N–H and O–H groups in total. The van der Waals surface area contributed by atoms with Gasteiger partial charge in [-0.05, 0) is 35.4 Å². The van der Waals surface area contributed by atoms with Crippen molar-refractivity contribution in [1.82, 2.24) is 4.98 Å². The Morgan fingerprint density at radius 3 is 1.89 bits per heavy atom. The van der Waals surface area contributed by atoms with E-state index < -0.39 is 6.36 Å². The van der Waals surface area contributed by atoms with Gasteiger partial charge >= 0.3 is 6.36 Å². The van der Waals surface area contributed by atoms with E-state index in [0.717, 1.165) is 0 Å². The minimum atomic E-state index is -4.70. The number of nitrogens with zero attached hydrogens (tertiary/aromatic N) is 1. The maximum atomic E-state index is 12.0. The summed E-state index contributed by atoms with van der Waals surface area (Å²) in [6, 6.07) is 8.56. The minimum Gasteiger partial charge on any atom is -0.406 e. The normalized spacial score (nSPS) is 11.3. The molecule has 100 valence electrons. The van der Waals surface area contributed by atoms with Crippen molar-refractivity contribution in [2.24, 2.45) is 0 Å². The number of rotatable bonds is 2. The Kier molecular flexibility index (Phi) is 3.20. The molecule has 0 aliphatic heterocycles. The van der Waals surface area contributed by atoms with E-state index >= 15 is 0 Å². The van der Waals surface area contributed by atoms with Crippen molar-refractivity contribution in [2.75, 3.05) is 11.5 Å². The molecule has 0 fully saturated rings. The van der Waals surface area contributed by atoms with Crippen LogP contribution in [0.4, 0.5) is 24.8 Å². The first kappa shape index (κ1) is 13.0. The van der Waals surface area contributed by atoms with Gasteiger partial charge in [0.15, 0.2) is 0 Å². The lowest BCUT2D eigenvalue weighted by Crippen LogP contribution is -2.16. The highest BCUT2D eigenvalue weighted by atomic mass is 19.4. The molecule has 0 radical (unpaired) electrons. The fourth-order valence-electron chi connectivity index (χ4n) is 1.59. The third-order valence-corrected chi connectivity index (χ3v) is 2.29. The number of nitrogens with two attached hydrogens (primary N) is 2. The SMILES string of the molecule is Nc1cc(-c2ccc(OC(F)(F)F)cc2)cc(N)n1. The van der Waals surface area contributed by atoms with Gasteiger partial charge in [0.2, 0.25) is 0 Å². The maximum absolute atomic E-state index is 12.0. The summed E-state index contributed by atoms with van der Waals surface area (Å²) in [4.78, 5) is 3.81. The quantitative estimate of drug-likeness (QED) is 0.879. The minimum absolute atomic E-state index is 0.241. The highest BCUT2D eigenvalue weighted by molar-refractivity contribution is 5.69. The van der Waals surface area contributed by atoms with Crippen molar-refractivity contribution < 1.29 is 17.9 Å². The molecule has 0 aliphatic carbocycles. The Hall–Kier alpha value is -2.44. The number of alkyl halides is 3. The lowest BCUT2D eigenvalue weighted by molar-refractivity contribution is -0.274. The molecular formula is C12H10F3N3O. The van der Waals surface area contributed by atoms with Crippen molar-refractivity contribution >= 4 is 11.6 Å². The van der Waals surface area contributed by atoms with Gasteiger partial charge in [-0.25, -0.2) is 4.98 Å². The second kappa shape index (κ2) is 4.68. The van der Waals surface area contributed by atoms with Gasteiger partial charge in [-0.15, -0.1) is 13.2 Å². The standard InChI is InChI=1S/C12H10F3N3O/c13-12(14,15)19-9-3-1-7(2-4-9)8-5-10(16)18-11(17)6-8/h1-6H,(H4,16,17,18). The lowest BCUT2D eigenvalue weighted by Gasteiger charge is -2.09. The van der Waals surface area contributed by atoms with Gasteiger partial charge in [-0.3, -0.25) is 0 Å². The van der Waals surface area contributed by atoms with Crippen LogP contribution in [0.25, 0.3) is 11.1 Å². The van der Waals surface area contributed by atoms with Crippen molar-refractivity contribution in [3.8, 4) is 16.9 Å². The Morgan fingerprint density at radius 1 is 0.895 bits per heavy atom. The van der Waals surface area contributed by atoms with Gasteiger partial charge in [0, 0.05) is 0 Å². The van der Waals surface area contributed by atoms with Gasteiger partial charge in [0.1, 0.15) is 17.4 Å². The summed E-state index contributed by atoms with van der Waals surface area (Å²) in [5.74, 6) is 0.197. The molecule has 2 aromatic rings. The van der Waals surface area contributed by atoms with Crippen LogP contribution in [0.1, 0.15) is 0 Å². The smallest absolute Gasteiger partial charge is 0.406 e. The lowest BCUT2D eigenvalue weighted by atomic mass is 10.1. The van der Waals surface area contributed by atoms with Crippen LogP contribution >= 0.6 is 0 Å². The van der Waals surface area contributed by atoms with Crippen LogP contribution in [0.5, 0.6) is 5.75 Å². The van der Waals surface area contributed by atoms with Crippen molar-refractivity contribution in [1.29, 1.82) is 0 Å². The van der Waals surface area contributed by atoms with Gasteiger partial charge in [0.25, 0.3) is 0 Å². The number of hydrogen-bond acceptors (Lipinski definition) is 4. The van der Waals surface area contributed by atoms with Crippen LogP contribution in [0.15, 0.2) is 36.4 Å². The summed E-state index contributed by atoms with van der Waals surface area (Å²) in [5.41, 5.74) is 12.4. The topological polar surface area (TPSA) is 74.2 Å². The first-order valence-corrected chi connectivity index (χ1v) is 5.23. The molecule has 7 heteroatoms. The first-order chi connectivity index (χ1) is 8.83. The number of benzene rings is 1. The third kappa shape index (κ3) is 3.51. The average molecular weight is 269 g/mol. The molecule has 0 spiro atoms. The predicted octanol–water partition coefficient (Wildman–Crippen LogP) is 2.81. The number of ether oxygens (including phenoxy) is 1. The molecular weight excluding hydrogens is 259 g/mol. The van der Waals surface area contributed by atoms with E-state index in [9.17, 15) is 13.2 Å². The molecule has 0 aliphatic rings. The molecule has 1 aromatic carbocycles. The van der Waals surface area contributed by atoms with Gasteiger partial charge in [-0.1, -0.05) is 12.1 Å². The number of anilines is 2. The predicted molar refractivity (Wildman–Crippen MR) is 65.2 cm³/mol. The summed E-state index contributed by atoms with van der Waals surface area (Å²) >= 11 is 0. The Bertz CT molecular complexity index is 562. The van der Waals surface area contributed by atoms with E-state index in [1.807, 2.05) is 0 Å². The molecule has 19 heavy (non-hydrogen) atoms. The molecule has 1 aromatic heterocycles. The largest absolute Gasteiger partial charge is 0.573 e. The number of aromatic nitrogens is 1. The van der Waals surface area contributed by atoms with Gasteiger partial charge in [0.05, 0.1) is 0 Å². The van der Waals surface area contributed by atoms with Crippen LogP contribution in [0.2, 0.25) is 0 Å². The fraction of sp³-hybridized carbons (Fsp3) is 0.0833. The van der Waals surface area contributed by atoms with Crippen molar-refractivity contribution in [3.63, 3.8) is 0 Å². The van der Waals surface area contributed by atoms with Crippen molar-refractivity contribution in [2.45, 2.75) is 6.36 Å². The maximum Gasteiger partial charge on any atom is 0.573 e. The van der Waals surface area contributed by atoms with Crippen LogP contribution in [-0.2, 0) is 0 Å². The zero-order chi connectivity index (χ0) is 14.0. The molecule has 0 amide bonds. The van der Waals surface area contributed by atoms with E-state index in [2.05, 4.69) is 9.72 Å². The summed E-state index contributed by atoms with van der Waals surface area (Å²) in [5, 5.41) is 0. The second-order valence-electron chi connectivity index (χ2n) is 3.78. The number of hydrogen-bond donors (Lipinski definition) is 2. The van der Waals surface area contributed by atoms with Gasteiger partial charge < -0.3 is 16.2 Å². The number of halogens is 3. The highest BCUT2D eigenvalue weighted by Crippen LogP contribution is 2.27. The summed E-state index contributed by atoms with van der Waals surface area (Å²) in [6.07, 6.45) is -4.70. The molecule has 4 nitrogen and oxygen atoms in total. The number of nitrogen functional groups attached to an aromatic ring is 2. The average Bonchev–Trinajstić information content (AvgIpc) is 2.26. The molecule has 2 rings (SSSR count). The Morgan fingerprint density at radius 2 is 1.42 bits per heavy atom. The van der Waals surface area contributed by atoms with Crippen LogP contribution in [-0.4, -0.2) is 11.3 Å². The van der Waals surface area contributed by atoms with E-state index in [1.54, 1.807) is 12.1 Å². The molecule has 0 saturated carbocycles. The van der Waals surface area contributed by atoms with E-state index in [1.165, 1.54) is 24.3 Å². The van der Waals surface area contributed by atoms with Gasteiger partial charge in [-0.2, -0.15) is 0 Å². The Balaban J connectivity index is 2.27. The monoisotopic (exact) mass is 269 g/mol. The summed E-state index contributed by atoms with van der Waals surface area (Å²) < 4.78 is 39.8. The van der Waals surface area contributed by atoms with Crippen molar-refractivity contribution in [3.05, 3.63) is 36.4 Å². The van der Waals surface area contributed by atoms with Crippen LogP contribution < -0.4 is 16.2 Å². The zero-order valence-electron chi connectivity index (χ0n) is 9.61. The molecule has 0 bridgehead atoms. The van der Waals surface area contributed by atoms with E-state index in [-0.39, 0.29) is 17.4 Å². The first-order valence-electron chi connectivity index (χ1n) is 5.23. The highest BCUT2D eigenvalue weighted by Gasteiger charge is 2.30. The molecule has 0 saturated heterocycles. The molecule has 0 unspecified atom stereocenters. The van der Waals surface area contributed by atoms with E-state index in [0.29, 0.717) is 11.1 Å². The van der Waals surface area contributed by atoms with Crippen LogP contribution in [0, 0.1) is 0 Å². The zero-order valence-corrected chi connectivity index (χ0v) is 9.61. The van der Waals surface area contributed by atoms with E-state index in [4.69, 9.17) is 11.5 Å². The molecule has 0 atom stereocenters. The number of pyridine rings is 1.